The lowest BCUT2D eigenvalue weighted by atomic mass is 9.86. The van der Waals surface area contributed by atoms with Crippen LogP contribution in [0.15, 0.2) is 53.6 Å². The van der Waals surface area contributed by atoms with E-state index < -0.39 is 0 Å². The molecule has 1 aliphatic rings. The Hall–Kier alpha value is -1.30. The molecule has 0 spiro atoms. The van der Waals surface area contributed by atoms with E-state index in [0.717, 1.165) is 12.8 Å². The molecule has 0 aromatic heterocycles. The van der Waals surface area contributed by atoms with Crippen LogP contribution in [0.2, 0.25) is 0 Å². The van der Waals surface area contributed by atoms with E-state index in [9.17, 15) is 0 Å². The van der Waals surface area contributed by atoms with E-state index in [1.165, 1.54) is 17.6 Å². The van der Waals surface area contributed by atoms with Crippen LogP contribution in [0.4, 0.5) is 0 Å². The second kappa shape index (κ2) is 4.91. The van der Waals surface area contributed by atoms with Crippen molar-refractivity contribution >= 4 is 0 Å². The minimum absolute atomic E-state index is 0.324. The number of rotatable bonds is 3. The van der Waals surface area contributed by atoms with E-state index in [1.807, 2.05) is 0 Å². The first-order valence-corrected chi connectivity index (χ1v) is 6.50. The maximum Gasteiger partial charge on any atom is -0.0125 e. The Balaban J connectivity index is 1.92. The minimum Gasteiger partial charge on any atom is -0.0772 e. The third-order valence-corrected chi connectivity index (χ3v) is 3.45. The zero-order valence-electron chi connectivity index (χ0n) is 11.2. The number of hydrogen-bond donors (Lipinski definition) is 0. The summed E-state index contributed by atoms with van der Waals surface area (Å²) in [6.45, 7) is 6.90. The molecule has 1 aliphatic carbocycles. The van der Waals surface area contributed by atoms with Gasteiger partial charge in [0.05, 0.1) is 0 Å². The summed E-state index contributed by atoms with van der Waals surface area (Å²) in [7, 11) is 0. The second-order valence-corrected chi connectivity index (χ2v) is 5.89. The van der Waals surface area contributed by atoms with Crippen molar-refractivity contribution in [3.8, 4) is 0 Å². The fourth-order valence-electron chi connectivity index (χ4n) is 2.21. The first-order valence-electron chi connectivity index (χ1n) is 6.50. The van der Waals surface area contributed by atoms with Crippen LogP contribution in [0.3, 0.4) is 0 Å². The second-order valence-electron chi connectivity index (χ2n) is 5.89. The van der Waals surface area contributed by atoms with Crippen LogP contribution < -0.4 is 0 Å². The smallest absolute Gasteiger partial charge is 0.0125 e. The van der Waals surface area contributed by atoms with Gasteiger partial charge < -0.3 is 0 Å². The molecule has 2 rings (SSSR count). The monoisotopic (exact) mass is 226 g/mol. The van der Waals surface area contributed by atoms with Crippen molar-refractivity contribution < 1.29 is 0 Å². The van der Waals surface area contributed by atoms with E-state index >= 15 is 0 Å². The number of aryl methyl sites for hydroxylation is 1. The van der Waals surface area contributed by atoms with Gasteiger partial charge in [0.2, 0.25) is 0 Å². The predicted molar refractivity (Wildman–Crippen MR) is 75.0 cm³/mol. The SMILES string of the molecule is CC(C)(C)C1=CC(CCc2ccccc2)=CC1. The topological polar surface area (TPSA) is 0 Å². The van der Waals surface area contributed by atoms with Gasteiger partial charge in [-0.25, -0.2) is 0 Å². The van der Waals surface area contributed by atoms with Gasteiger partial charge in [0.15, 0.2) is 0 Å². The molecule has 0 fully saturated rings. The fraction of sp³-hybridized carbons (Fsp3) is 0.412. The first kappa shape index (κ1) is 12.2. The van der Waals surface area contributed by atoms with Crippen LogP contribution in [0.1, 0.15) is 39.2 Å². The molecule has 0 unspecified atom stereocenters. The Morgan fingerprint density at radius 3 is 2.29 bits per heavy atom. The van der Waals surface area contributed by atoms with Crippen molar-refractivity contribution in [2.45, 2.75) is 40.0 Å². The van der Waals surface area contributed by atoms with Gasteiger partial charge in [-0.3, -0.25) is 0 Å². The van der Waals surface area contributed by atoms with Crippen molar-refractivity contribution in [3.05, 3.63) is 59.2 Å². The Morgan fingerprint density at radius 2 is 1.71 bits per heavy atom. The summed E-state index contributed by atoms with van der Waals surface area (Å²) >= 11 is 0. The number of hydrogen-bond acceptors (Lipinski definition) is 0. The maximum absolute atomic E-state index is 2.41. The highest BCUT2D eigenvalue weighted by Gasteiger charge is 2.19. The summed E-state index contributed by atoms with van der Waals surface area (Å²) in [6.07, 6.45) is 8.27. The first-order chi connectivity index (χ1) is 8.05. The molecule has 0 heterocycles. The molecule has 0 radical (unpaired) electrons. The van der Waals surface area contributed by atoms with Crippen molar-refractivity contribution in [2.24, 2.45) is 5.41 Å². The summed E-state index contributed by atoms with van der Waals surface area (Å²) in [5.41, 5.74) is 4.84. The van der Waals surface area contributed by atoms with E-state index in [-0.39, 0.29) is 0 Å². The molecule has 0 aliphatic heterocycles. The highest BCUT2D eigenvalue weighted by atomic mass is 14.2. The lowest BCUT2D eigenvalue weighted by Gasteiger charge is -2.19. The van der Waals surface area contributed by atoms with Crippen LogP contribution in [-0.4, -0.2) is 0 Å². The molecule has 0 saturated carbocycles. The maximum atomic E-state index is 2.41. The van der Waals surface area contributed by atoms with Gasteiger partial charge in [0, 0.05) is 0 Å². The normalized spacial score (nSPS) is 15.7. The standard InChI is InChI=1S/C17H22/c1-17(2,3)16-12-11-15(13-16)10-9-14-7-5-4-6-8-14/h4-8,11,13H,9-10,12H2,1-3H3. The van der Waals surface area contributed by atoms with Gasteiger partial charge in [-0.2, -0.15) is 0 Å². The van der Waals surface area contributed by atoms with Crippen LogP contribution in [-0.2, 0) is 6.42 Å². The summed E-state index contributed by atoms with van der Waals surface area (Å²) in [5, 5.41) is 0. The zero-order valence-corrected chi connectivity index (χ0v) is 11.2. The van der Waals surface area contributed by atoms with Gasteiger partial charge in [-0.1, -0.05) is 74.4 Å². The zero-order chi connectivity index (χ0) is 12.3. The third kappa shape index (κ3) is 3.33. The molecule has 1 aromatic rings. The lowest BCUT2D eigenvalue weighted by Crippen LogP contribution is -2.07. The van der Waals surface area contributed by atoms with Gasteiger partial charge in [0.1, 0.15) is 0 Å². The van der Waals surface area contributed by atoms with Gasteiger partial charge in [-0.05, 0) is 30.2 Å². The molecule has 0 nitrogen and oxygen atoms in total. The fourth-order valence-corrected chi connectivity index (χ4v) is 2.21. The Labute approximate surface area is 105 Å². The molecule has 90 valence electrons. The highest BCUT2D eigenvalue weighted by molar-refractivity contribution is 5.36. The highest BCUT2D eigenvalue weighted by Crippen LogP contribution is 2.34. The summed E-state index contributed by atoms with van der Waals surface area (Å²) in [4.78, 5) is 0. The molecule has 0 saturated heterocycles. The van der Waals surface area contributed by atoms with Crippen molar-refractivity contribution in [3.63, 3.8) is 0 Å². The molecular formula is C17H22. The average Bonchev–Trinajstić information content (AvgIpc) is 2.76. The molecule has 0 amide bonds. The van der Waals surface area contributed by atoms with Crippen molar-refractivity contribution in [1.82, 2.24) is 0 Å². The third-order valence-electron chi connectivity index (χ3n) is 3.45. The predicted octanol–water partition coefficient (Wildman–Crippen LogP) is 4.92. The summed E-state index contributed by atoms with van der Waals surface area (Å²) < 4.78 is 0. The molecule has 0 atom stereocenters. The molecule has 17 heavy (non-hydrogen) atoms. The number of benzene rings is 1. The Kier molecular flexibility index (Phi) is 3.51. The van der Waals surface area contributed by atoms with Gasteiger partial charge in [0.25, 0.3) is 0 Å². The molecular weight excluding hydrogens is 204 g/mol. The largest absolute Gasteiger partial charge is 0.0772 e. The van der Waals surface area contributed by atoms with E-state index in [1.54, 1.807) is 5.57 Å². The van der Waals surface area contributed by atoms with Crippen LogP contribution in [0.5, 0.6) is 0 Å². The molecule has 1 aromatic carbocycles. The Bertz CT molecular complexity index is 427. The molecule has 0 N–H and O–H groups in total. The minimum atomic E-state index is 0.324. The van der Waals surface area contributed by atoms with Crippen LogP contribution in [0, 0.1) is 5.41 Å². The Morgan fingerprint density at radius 1 is 1.00 bits per heavy atom. The van der Waals surface area contributed by atoms with Crippen LogP contribution >= 0.6 is 0 Å². The molecule has 0 heteroatoms. The van der Waals surface area contributed by atoms with E-state index in [2.05, 4.69) is 63.3 Å². The van der Waals surface area contributed by atoms with Crippen LogP contribution in [0.25, 0.3) is 0 Å². The quantitative estimate of drug-likeness (QED) is 0.686. The molecule has 0 bridgehead atoms. The van der Waals surface area contributed by atoms with E-state index in [0.29, 0.717) is 5.41 Å². The van der Waals surface area contributed by atoms with Crippen molar-refractivity contribution in [1.29, 1.82) is 0 Å². The average molecular weight is 226 g/mol. The van der Waals surface area contributed by atoms with E-state index in [4.69, 9.17) is 0 Å². The lowest BCUT2D eigenvalue weighted by molar-refractivity contribution is 0.496. The van der Waals surface area contributed by atoms with Gasteiger partial charge >= 0.3 is 0 Å². The summed E-state index contributed by atoms with van der Waals surface area (Å²) in [5.74, 6) is 0. The van der Waals surface area contributed by atoms with Crippen molar-refractivity contribution in [2.75, 3.05) is 0 Å². The number of allylic oxidation sites excluding steroid dienone is 4. The summed E-state index contributed by atoms with van der Waals surface area (Å²) in [6, 6.07) is 10.7. The van der Waals surface area contributed by atoms with Gasteiger partial charge in [-0.15, -0.1) is 0 Å².